The Morgan fingerprint density at radius 3 is 2.25 bits per heavy atom. The number of hydrogen-bond donors (Lipinski definition) is 1. The summed E-state index contributed by atoms with van der Waals surface area (Å²) >= 11 is 0. The summed E-state index contributed by atoms with van der Waals surface area (Å²) in [4.78, 5) is 2.75. The Labute approximate surface area is 127 Å². The largest absolute Gasteiger partial charge is 0.317 e. The Morgan fingerprint density at radius 1 is 1.20 bits per heavy atom. The lowest BCUT2D eigenvalue weighted by Crippen LogP contribution is -2.40. The molecule has 0 atom stereocenters. The van der Waals surface area contributed by atoms with Crippen LogP contribution in [0.3, 0.4) is 0 Å². The molecule has 0 unspecified atom stereocenters. The fourth-order valence-electron chi connectivity index (χ4n) is 2.51. The molecule has 20 heavy (non-hydrogen) atoms. The summed E-state index contributed by atoms with van der Waals surface area (Å²) in [5.41, 5.74) is 1.16. The number of nitrogens with zero attached hydrogens (tertiary/aromatic N) is 1. The molecular formula is C14H23ClN2O2S. The van der Waals surface area contributed by atoms with Gasteiger partial charge in [-0.3, -0.25) is 4.90 Å². The van der Waals surface area contributed by atoms with Crippen molar-refractivity contribution in [3.05, 3.63) is 29.8 Å². The molecule has 1 aliphatic heterocycles. The summed E-state index contributed by atoms with van der Waals surface area (Å²) in [6.45, 7) is 3.04. The fourth-order valence-corrected chi connectivity index (χ4v) is 3.14. The van der Waals surface area contributed by atoms with Gasteiger partial charge in [-0.15, -0.1) is 12.4 Å². The van der Waals surface area contributed by atoms with Crippen LogP contribution < -0.4 is 5.32 Å². The first-order valence-corrected chi connectivity index (χ1v) is 8.56. The summed E-state index contributed by atoms with van der Waals surface area (Å²) < 4.78 is 22.8. The third-order valence-electron chi connectivity index (χ3n) is 3.72. The minimum Gasteiger partial charge on any atom is -0.317 e. The van der Waals surface area contributed by atoms with Crippen molar-refractivity contribution in [1.29, 1.82) is 0 Å². The van der Waals surface area contributed by atoms with Gasteiger partial charge in [-0.1, -0.05) is 12.1 Å². The zero-order valence-electron chi connectivity index (χ0n) is 12.0. The van der Waals surface area contributed by atoms with E-state index in [0.717, 1.165) is 25.2 Å². The van der Waals surface area contributed by atoms with E-state index in [1.807, 2.05) is 12.1 Å². The molecule has 1 aliphatic rings. The average Bonchev–Trinajstić information content (AvgIpc) is 2.39. The van der Waals surface area contributed by atoms with E-state index < -0.39 is 9.84 Å². The Bertz CT molecular complexity index is 510. The summed E-state index contributed by atoms with van der Waals surface area (Å²) in [7, 11) is -0.951. The second kappa shape index (κ2) is 7.41. The van der Waals surface area contributed by atoms with Crippen LogP contribution >= 0.6 is 12.4 Å². The van der Waals surface area contributed by atoms with Crippen LogP contribution in [0.2, 0.25) is 0 Å². The second-order valence-electron chi connectivity index (χ2n) is 5.31. The maximum atomic E-state index is 11.4. The molecule has 0 saturated carbocycles. The molecule has 0 aliphatic carbocycles. The molecule has 6 heteroatoms. The lowest BCUT2D eigenvalue weighted by Gasteiger charge is -2.31. The number of benzene rings is 1. The first-order valence-electron chi connectivity index (χ1n) is 6.67. The van der Waals surface area contributed by atoms with Crippen LogP contribution in [0.1, 0.15) is 18.4 Å². The summed E-state index contributed by atoms with van der Waals surface area (Å²) in [5, 5.41) is 3.36. The van der Waals surface area contributed by atoms with Gasteiger partial charge in [-0.25, -0.2) is 8.42 Å². The zero-order chi connectivity index (χ0) is 13.9. The Balaban J connectivity index is 0.00000200. The van der Waals surface area contributed by atoms with Crippen molar-refractivity contribution in [2.45, 2.75) is 30.3 Å². The molecule has 0 aromatic heterocycles. The molecule has 2 rings (SSSR count). The molecule has 1 heterocycles. The normalized spacial score (nSPS) is 16.9. The predicted octanol–water partition coefficient (Wildman–Crippen LogP) is 1.70. The van der Waals surface area contributed by atoms with Crippen molar-refractivity contribution in [1.82, 2.24) is 10.2 Å². The molecular weight excluding hydrogens is 296 g/mol. The van der Waals surface area contributed by atoms with Crippen LogP contribution in [0.5, 0.6) is 0 Å². The van der Waals surface area contributed by atoms with Gasteiger partial charge in [0.1, 0.15) is 0 Å². The Kier molecular flexibility index (Phi) is 6.45. The SMILES string of the molecule is CN(Cc1ccc(S(C)(=O)=O)cc1)C1CCNCC1.Cl. The lowest BCUT2D eigenvalue weighted by atomic mass is 10.0. The number of piperidine rings is 1. The molecule has 1 N–H and O–H groups in total. The number of nitrogens with one attached hydrogen (secondary N) is 1. The molecule has 0 amide bonds. The number of halogens is 1. The molecule has 4 nitrogen and oxygen atoms in total. The molecule has 0 bridgehead atoms. The van der Waals surface area contributed by atoms with Crippen LogP contribution in [-0.4, -0.2) is 45.8 Å². The topological polar surface area (TPSA) is 49.4 Å². The minimum absolute atomic E-state index is 0. The smallest absolute Gasteiger partial charge is 0.175 e. The van der Waals surface area contributed by atoms with E-state index in [1.54, 1.807) is 12.1 Å². The van der Waals surface area contributed by atoms with Crippen LogP contribution in [-0.2, 0) is 16.4 Å². The molecule has 114 valence electrons. The monoisotopic (exact) mass is 318 g/mol. The number of sulfone groups is 1. The van der Waals surface area contributed by atoms with Gasteiger partial charge in [0.2, 0.25) is 0 Å². The van der Waals surface area contributed by atoms with E-state index in [0.29, 0.717) is 10.9 Å². The molecule has 1 aromatic carbocycles. The van der Waals surface area contributed by atoms with E-state index in [2.05, 4.69) is 17.3 Å². The van der Waals surface area contributed by atoms with Crippen molar-refractivity contribution < 1.29 is 8.42 Å². The number of hydrogen-bond acceptors (Lipinski definition) is 4. The average molecular weight is 319 g/mol. The zero-order valence-corrected chi connectivity index (χ0v) is 13.6. The first-order chi connectivity index (χ1) is 8.97. The van der Waals surface area contributed by atoms with E-state index >= 15 is 0 Å². The van der Waals surface area contributed by atoms with E-state index in [9.17, 15) is 8.42 Å². The molecule has 0 spiro atoms. The van der Waals surface area contributed by atoms with Crippen molar-refractivity contribution in [2.24, 2.45) is 0 Å². The predicted molar refractivity (Wildman–Crippen MR) is 84.2 cm³/mol. The first kappa shape index (κ1) is 17.4. The maximum Gasteiger partial charge on any atom is 0.175 e. The molecule has 1 fully saturated rings. The highest BCUT2D eigenvalue weighted by Gasteiger charge is 2.17. The van der Waals surface area contributed by atoms with Gasteiger partial charge in [0, 0.05) is 18.8 Å². The minimum atomic E-state index is -3.09. The Hall–Kier alpha value is -0.620. The highest BCUT2D eigenvalue weighted by molar-refractivity contribution is 7.90. The fraction of sp³-hybridized carbons (Fsp3) is 0.571. The summed E-state index contributed by atoms with van der Waals surface area (Å²) in [5.74, 6) is 0. The van der Waals surface area contributed by atoms with Gasteiger partial charge in [-0.2, -0.15) is 0 Å². The van der Waals surface area contributed by atoms with Gasteiger partial charge in [0.05, 0.1) is 4.90 Å². The van der Waals surface area contributed by atoms with Gasteiger partial charge in [-0.05, 0) is 50.7 Å². The lowest BCUT2D eigenvalue weighted by molar-refractivity contribution is 0.192. The standard InChI is InChI=1S/C14H22N2O2S.ClH/c1-16(13-7-9-15-10-8-13)11-12-3-5-14(6-4-12)19(2,17)18;/h3-6,13,15H,7-11H2,1-2H3;1H. The Morgan fingerprint density at radius 2 is 1.75 bits per heavy atom. The van der Waals surface area contributed by atoms with Crippen molar-refractivity contribution in [3.63, 3.8) is 0 Å². The second-order valence-corrected chi connectivity index (χ2v) is 7.33. The summed E-state index contributed by atoms with van der Waals surface area (Å²) in [6, 6.07) is 7.83. The number of rotatable bonds is 4. The third-order valence-corrected chi connectivity index (χ3v) is 4.84. The molecule has 0 radical (unpaired) electrons. The van der Waals surface area contributed by atoms with E-state index in [4.69, 9.17) is 0 Å². The summed E-state index contributed by atoms with van der Waals surface area (Å²) in [6.07, 6.45) is 3.60. The van der Waals surface area contributed by atoms with Crippen molar-refractivity contribution in [3.8, 4) is 0 Å². The van der Waals surface area contributed by atoms with Gasteiger partial charge in [0.15, 0.2) is 9.84 Å². The third kappa shape index (κ3) is 4.74. The van der Waals surface area contributed by atoms with Crippen LogP contribution in [0.4, 0.5) is 0 Å². The van der Waals surface area contributed by atoms with Crippen LogP contribution in [0.15, 0.2) is 29.2 Å². The molecule has 1 aromatic rings. The van der Waals surface area contributed by atoms with Gasteiger partial charge in [0.25, 0.3) is 0 Å². The van der Waals surface area contributed by atoms with Crippen molar-refractivity contribution >= 4 is 22.2 Å². The van der Waals surface area contributed by atoms with Gasteiger partial charge >= 0.3 is 0 Å². The maximum absolute atomic E-state index is 11.4. The van der Waals surface area contributed by atoms with Crippen molar-refractivity contribution in [2.75, 3.05) is 26.4 Å². The van der Waals surface area contributed by atoms with Gasteiger partial charge < -0.3 is 5.32 Å². The van der Waals surface area contributed by atoms with Crippen LogP contribution in [0.25, 0.3) is 0 Å². The van der Waals surface area contributed by atoms with E-state index in [1.165, 1.54) is 19.1 Å². The van der Waals surface area contributed by atoms with Crippen LogP contribution in [0, 0.1) is 0 Å². The van der Waals surface area contributed by atoms with E-state index in [-0.39, 0.29) is 12.4 Å². The quantitative estimate of drug-likeness (QED) is 0.918. The highest BCUT2D eigenvalue weighted by atomic mass is 35.5. The highest BCUT2D eigenvalue weighted by Crippen LogP contribution is 2.15. The molecule has 1 saturated heterocycles.